The molecule has 0 atom stereocenters. The molecule has 1 aromatic carbocycles. The van der Waals surface area contributed by atoms with Crippen molar-refractivity contribution in [2.75, 3.05) is 0 Å². The third kappa shape index (κ3) is 6.03. The van der Waals surface area contributed by atoms with Crippen LogP contribution >= 0.6 is 0 Å². The topological polar surface area (TPSA) is 63.3 Å². The van der Waals surface area contributed by atoms with Crippen molar-refractivity contribution >= 4 is 11.5 Å². The van der Waals surface area contributed by atoms with E-state index in [2.05, 4.69) is 20.8 Å². The summed E-state index contributed by atoms with van der Waals surface area (Å²) in [6.07, 6.45) is 8.79. The second kappa shape index (κ2) is 10.9. The van der Waals surface area contributed by atoms with Crippen LogP contribution in [0.15, 0.2) is 23.8 Å². The SMILES string of the molecule is CCCCC(C(N)=O)=C(CCCC)c1ccc(O)cc1CCCC. The van der Waals surface area contributed by atoms with Gasteiger partial charge in [-0.25, -0.2) is 0 Å². The molecule has 1 aromatic rings. The smallest absolute Gasteiger partial charge is 0.244 e. The van der Waals surface area contributed by atoms with Crippen LogP contribution < -0.4 is 5.73 Å². The van der Waals surface area contributed by atoms with E-state index < -0.39 is 0 Å². The van der Waals surface area contributed by atoms with Crippen molar-refractivity contribution in [3.05, 3.63) is 34.9 Å². The third-order valence-corrected chi connectivity index (χ3v) is 4.44. The van der Waals surface area contributed by atoms with Crippen LogP contribution in [-0.2, 0) is 11.2 Å². The zero-order chi connectivity index (χ0) is 17.9. The molecule has 1 rings (SSSR count). The van der Waals surface area contributed by atoms with Crippen molar-refractivity contribution in [1.29, 1.82) is 0 Å². The lowest BCUT2D eigenvalue weighted by Crippen LogP contribution is -2.16. The minimum atomic E-state index is -0.302. The Balaban J connectivity index is 3.39. The fourth-order valence-corrected chi connectivity index (χ4v) is 3.03. The van der Waals surface area contributed by atoms with Gasteiger partial charge in [0.15, 0.2) is 0 Å². The summed E-state index contributed by atoms with van der Waals surface area (Å²) in [5.74, 6) is -0.0158. The van der Waals surface area contributed by atoms with Gasteiger partial charge in [0.25, 0.3) is 0 Å². The molecule has 24 heavy (non-hydrogen) atoms. The molecular formula is C21H33NO2. The predicted molar refractivity (Wildman–Crippen MR) is 102 cm³/mol. The van der Waals surface area contributed by atoms with Gasteiger partial charge in [0.2, 0.25) is 5.91 Å². The monoisotopic (exact) mass is 331 g/mol. The van der Waals surface area contributed by atoms with E-state index in [-0.39, 0.29) is 11.7 Å². The Bertz CT molecular complexity index is 561. The molecule has 0 radical (unpaired) electrons. The van der Waals surface area contributed by atoms with Crippen LogP contribution in [0, 0.1) is 0 Å². The molecule has 0 aliphatic rings. The average molecular weight is 332 g/mol. The number of carbonyl (C=O) groups is 1. The van der Waals surface area contributed by atoms with Crippen molar-refractivity contribution in [2.45, 2.75) is 78.6 Å². The highest BCUT2D eigenvalue weighted by Gasteiger charge is 2.17. The molecule has 0 aliphatic carbocycles. The Morgan fingerprint density at radius 3 is 2.21 bits per heavy atom. The van der Waals surface area contributed by atoms with E-state index in [0.29, 0.717) is 0 Å². The number of amides is 1. The largest absolute Gasteiger partial charge is 0.508 e. The number of primary amides is 1. The fraction of sp³-hybridized carbons (Fsp3) is 0.571. The Hall–Kier alpha value is -1.77. The van der Waals surface area contributed by atoms with Crippen LogP contribution in [0.4, 0.5) is 0 Å². The van der Waals surface area contributed by atoms with Gasteiger partial charge in [-0.05, 0) is 67.4 Å². The molecule has 0 fully saturated rings. The first kappa shape index (κ1) is 20.3. The van der Waals surface area contributed by atoms with Gasteiger partial charge in [0.1, 0.15) is 5.75 Å². The van der Waals surface area contributed by atoms with Crippen LogP contribution in [0.3, 0.4) is 0 Å². The number of aromatic hydroxyl groups is 1. The molecule has 3 N–H and O–H groups in total. The number of allylic oxidation sites excluding steroid dienone is 1. The lowest BCUT2D eigenvalue weighted by atomic mass is 9.87. The molecule has 0 heterocycles. The highest BCUT2D eigenvalue weighted by atomic mass is 16.3. The Morgan fingerprint density at radius 1 is 1.00 bits per heavy atom. The number of benzene rings is 1. The molecule has 0 saturated carbocycles. The fourth-order valence-electron chi connectivity index (χ4n) is 3.03. The van der Waals surface area contributed by atoms with Crippen LogP contribution in [0.5, 0.6) is 5.75 Å². The quantitative estimate of drug-likeness (QED) is 0.537. The molecule has 1 amide bonds. The molecule has 0 spiro atoms. The van der Waals surface area contributed by atoms with Crippen molar-refractivity contribution in [3.63, 3.8) is 0 Å². The van der Waals surface area contributed by atoms with Crippen LogP contribution in [0.25, 0.3) is 5.57 Å². The number of phenolic OH excluding ortho intramolecular Hbond substituents is 1. The van der Waals surface area contributed by atoms with Gasteiger partial charge < -0.3 is 10.8 Å². The molecule has 3 heteroatoms. The van der Waals surface area contributed by atoms with Gasteiger partial charge in [-0.3, -0.25) is 4.79 Å². The molecule has 0 saturated heterocycles. The minimum Gasteiger partial charge on any atom is -0.508 e. The standard InChI is InChI=1S/C21H33NO2/c1-4-7-10-16-15-17(23)13-14-18(16)19(11-8-5-2)20(21(22)24)12-9-6-3/h13-15,23H,4-12H2,1-3H3,(H2,22,24). The van der Waals surface area contributed by atoms with E-state index in [1.54, 1.807) is 6.07 Å². The maximum Gasteiger partial charge on any atom is 0.244 e. The zero-order valence-corrected chi connectivity index (χ0v) is 15.5. The van der Waals surface area contributed by atoms with E-state index in [1.807, 2.05) is 12.1 Å². The molecule has 0 bridgehead atoms. The number of unbranched alkanes of at least 4 members (excludes halogenated alkanes) is 3. The molecule has 0 aliphatic heterocycles. The number of aryl methyl sites for hydroxylation is 1. The van der Waals surface area contributed by atoms with Crippen molar-refractivity contribution < 1.29 is 9.90 Å². The van der Waals surface area contributed by atoms with Crippen molar-refractivity contribution in [2.24, 2.45) is 5.73 Å². The number of hydrogen-bond donors (Lipinski definition) is 2. The number of hydrogen-bond acceptors (Lipinski definition) is 2. The normalized spacial score (nSPS) is 12.1. The summed E-state index contributed by atoms with van der Waals surface area (Å²) in [6, 6.07) is 5.52. The van der Waals surface area contributed by atoms with Gasteiger partial charge >= 0.3 is 0 Å². The highest BCUT2D eigenvalue weighted by molar-refractivity contribution is 6.00. The molecular weight excluding hydrogens is 298 g/mol. The predicted octanol–water partition coefficient (Wildman–Crippen LogP) is 5.35. The van der Waals surface area contributed by atoms with E-state index in [1.165, 1.54) is 0 Å². The van der Waals surface area contributed by atoms with Gasteiger partial charge in [0, 0.05) is 5.57 Å². The first-order valence-corrected chi connectivity index (χ1v) is 9.39. The lowest BCUT2D eigenvalue weighted by Gasteiger charge is -2.18. The number of rotatable bonds is 11. The lowest BCUT2D eigenvalue weighted by molar-refractivity contribution is -0.114. The van der Waals surface area contributed by atoms with Crippen molar-refractivity contribution in [1.82, 2.24) is 0 Å². The number of nitrogens with two attached hydrogens (primary N) is 1. The molecule has 0 unspecified atom stereocenters. The summed E-state index contributed by atoms with van der Waals surface area (Å²) in [7, 11) is 0. The second-order valence-electron chi connectivity index (χ2n) is 6.47. The van der Waals surface area contributed by atoms with Crippen LogP contribution in [0.1, 0.15) is 83.3 Å². The Labute approximate surface area is 147 Å². The van der Waals surface area contributed by atoms with Gasteiger partial charge in [0.05, 0.1) is 0 Å². The first-order valence-electron chi connectivity index (χ1n) is 9.39. The second-order valence-corrected chi connectivity index (χ2v) is 6.47. The summed E-state index contributed by atoms with van der Waals surface area (Å²) in [4.78, 5) is 12.1. The molecule has 134 valence electrons. The van der Waals surface area contributed by atoms with E-state index in [4.69, 9.17) is 5.73 Å². The summed E-state index contributed by atoms with van der Waals surface area (Å²) in [6.45, 7) is 6.44. The molecule has 0 aromatic heterocycles. The van der Waals surface area contributed by atoms with Gasteiger partial charge in [-0.2, -0.15) is 0 Å². The maximum atomic E-state index is 12.1. The van der Waals surface area contributed by atoms with E-state index in [0.717, 1.165) is 80.1 Å². The Morgan fingerprint density at radius 2 is 1.62 bits per heavy atom. The summed E-state index contributed by atoms with van der Waals surface area (Å²) < 4.78 is 0. The number of carbonyl (C=O) groups excluding carboxylic acids is 1. The molecule has 3 nitrogen and oxygen atoms in total. The van der Waals surface area contributed by atoms with Crippen molar-refractivity contribution in [3.8, 4) is 5.75 Å². The summed E-state index contributed by atoms with van der Waals surface area (Å²) >= 11 is 0. The van der Waals surface area contributed by atoms with Gasteiger partial charge in [-0.15, -0.1) is 0 Å². The van der Waals surface area contributed by atoms with Crippen LogP contribution in [0.2, 0.25) is 0 Å². The summed E-state index contributed by atoms with van der Waals surface area (Å²) in [5, 5.41) is 9.88. The third-order valence-electron chi connectivity index (χ3n) is 4.44. The highest BCUT2D eigenvalue weighted by Crippen LogP contribution is 2.32. The zero-order valence-electron chi connectivity index (χ0n) is 15.5. The average Bonchev–Trinajstić information content (AvgIpc) is 2.56. The summed E-state index contributed by atoms with van der Waals surface area (Å²) in [5.41, 5.74) is 9.80. The van der Waals surface area contributed by atoms with E-state index in [9.17, 15) is 9.90 Å². The Kier molecular flexibility index (Phi) is 9.21. The maximum absolute atomic E-state index is 12.1. The van der Waals surface area contributed by atoms with E-state index >= 15 is 0 Å². The van der Waals surface area contributed by atoms with Gasteiger partial charge in [-0.1, -0.05) is 46.1 Å². The van der Waals surface area contributed by atoms with Crippen LogP contribution in [-0.4, -0.2) is 11.0 Å². The minimum absolute atomic E-state index is 0.286. The first-order chi connectivity index (χ1) is 11.5. The number of phenols is 1.